The number of benzene rings is 1. The molecule has 7 heteroatoms. The van der Waals surface area contributed by atoms with Crippen molar-refractivity contribution in [1.82, 2.24) is 15.2 Å². The number of halogens is 1. The average molecular weight is 371 g/mol. The second kappa shape index (κ2) is 7.93. The SMILES string of the molecule is Nc1cccc(CN2C=CC(NC(=O)Cc3cc(Cl)ccc3O)=CC2)n1. The van der Waals surface area contributed by atoms with Crippen LogP contribution in [0.4, 0.5) is 5.82 Å². The van der Waals surface area contributed by atoms with E-state index in [0.29, 0.717) is 35.2 Å². The Hall–Kier alpha value is -2.99. The van der Waals surface area contributed by atoms with Gasteiger partial charge in [0.05, 0.1) is 18.7 Å². The summed E-state index contributed by atoms with van der Waals surface area (Å²) in [5.74, 6) is 0.333. The number of carbonyl (C=O) groups is 1. The lowest BCUT2D eigenvalue weighted by molar-refractivity contribution is -0.119. The highest BCUT2D eigenvalue weighted by molar-refractivity contribution is 6.30. The van der Waals surface area contributed by atoms with E-state index in [0.717, 1.165) is 5.69 Å². The van der Waals surface area contributed by atoms with Crippen molar-refractivity contribution in [2.24, 2.45) is 0 Å². The number of pyridine rings is 1. The van der Waals surface area contributed by atoms with E-state index >= 15 is 0 Å². The fourth-order valence-electron chi connectivity index (χ4n) is 2.61. The summed E-state index contributed by atoms with van der Waals surface area (Å²) in [5.41, 5.74) is 7.78. The minimum Gasteiger partial charge on any atom is -0.508 e. The van der Waals surface area contributed by atoms with Crippen molar-refractivity contribution < 1.29 is 9.90 Å². The molecule has 1 aliphatic rings. The fourth-order valence-corrected chi connectivity index (χ4v) is 2.80. The average Bonchev–Trinajstić information content (AvgIpc) is 2.60. The van der Waals surface area contributed by atoms with E-state index < -0.39 is 0 Å². The molecule has 0 fully saturated rings. The van der Waals surface area contributed by atoms with E-state index in [4.69, 9.17) is 17.3 Å². The molecule has 0 unspecified atom stereocenters. The van der Waals surface area contributed by atoms with Crippen molar-refractivity contribution in [1.29, 1.82) is 0 Å². The van der Waals surface area contributed by atoms with Crippen molar-refractivity contribution in [3.63, 3.8) is 0 Å². The van der Waals surface area contributed by atoms with E-state index in [2.05, 4.69) is 15.2 Å². The number of hydrogen-bond donors (Lipinski definition) is 3. The summed E-state index contributed by atoms with van der Waals surface area (Å²) in [6.45, 7) is 1.28. The van der Waals surface area contributed by atoms with Gasteiger partial charge in [-0.3, -0.25) is 4.79 Å². The van der Waals surface area contributed by atoms with Gasteiger partial charge in [-0.25, -0.2) is 4.98 Å². The van der Waals surface area contributed by atoms with Crippen molar-refractivity contribution in [3.05, 3.63) is 76.7 Å². The first-order valence-electron chi connectivity index (χ1n) is 8.10. The predicted molar refractivity (Wildman–Crippen MR) is 101 cm³/mol. The molecule has 4 N–H and O–H groups in total. The molecule has 0 saturated carbocycles. The smallest absolute Gasteiger partial charge is 0.228 e. The van der Waals surface area contributed by atoms with Crippen LogP contribution in [0.15, 0.2) is 60.4 Å². The van der Waals surface area contributed by atoms with Crippen LogP contribution in [0.2, 0.25) is 5.02 Å². The van der Waals surface area contributed by atoms with Crippen LogP contribution in [0.3, 0.4) is 0 Å². The molecular weight excluding hydrogens is 352 g/mol. The number of aromatic hydroxyl groups is 1. The number of allylic oxidation sites excluding steroid dienone is 1. The fraction of sp³-hybridized carbons (Fsp3) is 0.158. The zero-order valence-electron chi connectivity index (χ0n) is 14.0. The van der Waals surface area contributed by atoms with Gasteiger partial charge in [-0.15, -0.1) is 0 Å². The van der Waals surface area contributed by atoms with Crippen molar-refractivity contribution in [3.8, 4) is 5.75 Å². The third-order valence-corrected chi connectivity index (χ3v) is 4.12. The number of hydrogen-bond acceptors (Lipinski definition) is 5. The number of nitrogens with one attached hydrogen (secondary N) is 1. The highest BCUT2D eigenvalue weighted by Crippen LogP contribution is 2.22. The number of rotatable bonds is 5. The number of nitrogens with zero attached hydrogens (tertiary/aromatic N) is 2. The quantitative estimate of drug-likeness (QED) is 0.752. The summed E-state index contributed by atoms with van der Waals surface area (Å²) in [4.78, 5) is 18.5. The molecule has 0 radical (unpaired) electrons. The van der Waals surface area contributed by atoms with Gasteiger partial charge in [0.1, 0.15) is 11.6 Å². The Kier molecular flexibility index (Phi) is 5.43. The van der Waals surface area contributed by atoms with Crippen LogP contribution in [0.25, 0.3) is 0 Å². The zero-order valence-corrected chi connectivity index (χ0v) is 14.8. The van der Waals surface area contributed by atoms with E-state index in [1.165, 1.54) is 6.07 Å². The highest BCUT2D eigenvalue weighted by Gasteiger charge is 2.12. The van der Waals surface area contributed by atoms with E-state index in [1.807, 2.05) is 30.5 Å². The highest BCUT2D eigenvalue weighted by atomic mass is 35.5. The number of aromatic nitrogens is 1. The Morgan fingerprint density at radius 2 is 2.19 bits per heavy atom. The number of anilines is 1. The third-order valence-electron chi connectivity index (χ3n) is 3.88. The molecule has 2 aromatic rings. The van der Waals surface area contributed by atoms with Crippen LogP contribution in [-0.2, 0) is 17.8 Å². The number of phenolic OH excluding ortho intramolecular Hbond substituents is 1. The Balaban J connectivity index is 1.54. The van der Waals surface area contributed by atoms with Gasteiger partial charge in [-0.05, 0) is 42.5 Å². The molecule has 0 spiro atoms. The number of nitrogen functional groups attached to an aromatic ring is 1. The second-order valence-corrected chi connectivity index (χ2v) is 6.39. The zero-order chi connectivity index (χ0) is 18.5. The van der Waals surface area contributed by atoms with Crippen molar-refractivity contribution >= 4 is 23.3 Å². The van der Waals surface area contributed by atoms with E-state index in [1.54, 1.807) is 18.2 Å². The first kappa shape index (κ1) is 17.8. The number of nitrogens with two attached hydrogens (primary N) is 1. The maximum absolute atomic E-state index is 12.2. The van der Waals surface area contributed by atoms with Crippen LogP contribution in [0.5, 0.6) is 5.75 Å². The Labute approximate surface area is 156 Å². The first-order chi connectivity index (χ1) is 12.5. The first-order valence-corrected chi connectivity index (χ1v) is 8.48. The summed E-state index contributed by atoms with van der Waals surface area (Å²) in [6.07, 6.45) is 5.69. The van der Waals surface area contributed by atoms with Crippen LogP contribution >= 0.6 is 11.6 Å². The minimum atomic E-state index is -0.218. The van der Waals surface area contributed by atoms with Crippen molar-refractivity contribution in [2.45, 2.75) is 13.0 Å². The molecule has 1 aliphatic heterocycles. The van der Waals surface area contributed by atoms with Gasteiger partial charge in [0.15, 0.2) is 0 Å². The summed E-state index contributed by atoms with van der Waals surface area (Å²) in [6, 6.07) is 10.2. The van der Waals surface area contributed by atoms with E-state index in [-0.39, 0.29) is 18.1 Å². The molecular formula is C19H19ClN4O2. The van der Waals surface area contributed by atoms with Crippen LogP contribution in [-0.4, -0.2) is 27.4 Å². The molecule has 1 aromatic heterocycles. The maximum atomic E-state index is 12.2. The molecule has 3 rings (SSSR count). The molecule has 2 heterocycles. The molecule has 1 amide bonds. The second-order valence-electron chi connectivity index (χ2n) is 5.96. The Morgan fingerprint density at radius 3 is 2.92 bits per heavy atom. The van der Waals surface area contributed by atoms with Gasteiger partial charge in [0.2, 0.25) is 5.91 Å². The van der Waals surface area contributed by atoms with Gasteiger partial charge in [0, 0.05) is 29.0 Å². The molecule has 134 valence electrons. The molecule has 0 bridgehead atoms. The predicted octanol–water partition coefficient (Wildman–Crippen LogP) is 2.59. The number of phenols is 1. The summed E-state index contributed by atoms with van der Waals surface area (Å²) in [5, 5.41) is 13.1. The van der Waals surface area contributed by atoms with Crippen LogP contribution in [0, 0.1) is 0 Å². The standard InChI is InChI=1S/C19H19ClN4O2/c20-14-4-5-17(25)13(10-14)11-19(26)23-15-6-8-24(9-7-15)12-16-2-1-3-18(21)22-16/h1-8,10,25H,9,11-12H2,(H2,21,22)(H,23,26). The Morgan fingerprint density at radius 1 is 1.35 bits per heavy atom. The summed E-state index contributed by atoms with van der Waals surface area (Å²) >= 11 is 5.90. The summed E-state index contributed by atoms with van der Waals surface area (Å²) < 4.78 is 0. The lowest BCUT2D eigenvalue weighted by atomic mass is 10.1. The molecule has 0 atom stereocenters. The third kappa shape index (κ3) is 4.77. The van der Waals surface area contributed by atoms with Gasteiger partial charge in [-0.2, -0.15) is 0 Å². The van der Waals surface area contributed by atoms with Gasteiger partial charge < -0.3 is 21.1 Å². The maximum Gasteiger partial charge on any atom is 0.228 e. The van der Waals surface area contributed by atoms with Gasteiger partial charge in [0.25, 0.3) is 0 Å². The molecule has 0 saturated heterocycles. The molecule has 26 heavy (non-hydrogen) atoms. The van der Waals surface area contributed by atoms with Crippen LogP contribution in [0.1, 0.15) is 11.3 Å². The lowest BCUT2D eigenvalue weighted by Crippen LogP contribution is -2.28. The lowest BCUT2D eigenvalue weighted by Gasteiger charge is -2.22. The largest absolute Gasteiger partial charge is 0.508 e. The van der Waals surface area contributed by atoms with Crippen LogP contribution < -0.4 is 11.1 Å². The van der Waals surface area contributed by atoms with Gasteiger partial charge in [-0.1, -0.05) is 17.7 Å². The molecule has 0 aliphatic carbocycles. The van der Waals surface area contributed by atoms with E-state index in [9.17, 15) is 9.90 Å². The van der Waals surface area contributed by atoms with Crippen molar-refractivity contribution in [2.75, 3.05) is 12.3 Å². The topological polar surface area (TPSA) is 91.5 Å². The Bertz CT molecular complexity index is 880. The number of amides is 1. The number of carbonyl (C=O) groups excluding carboxylic acids is 1. The molecule has 1 aromatic carbocycles. The summed E-state index contributed by atoms with van der Waals surface area (Å²) in [7, 11) is 0. The monoisotopic (exact) mass is 370 g/mol. The normalized spacial score (nSPS) is 13.4. The van der Waals surface area contributed by atoms with Gasteiger partial charge >= 0.3 is 0 Å². The molecule has 6 nitrogen and oxygen atoms in total. The minimum absolute atomic E-state index is 0.0501.